The molecule has 1 heterocycles. The lowest BCUT2D eigenvalue weighted by atomic mass is 9.88. The quantitative estimate of drug-likeness (QED) is 0.887. The van der Waals surface area contributed by atoms with Gasteiger partial charge in [0, 0.05) is 30.3 Å². The monoisotopic (exact) mass is 342 g/mol. The Hall–Kier alpha value is -1.88. The highest BCUT2D eigenvalue weighted by molar-refractivity contribution is 5.98. The van der Waals surface area contributed by atoms with Gasteiger partial charge in [0.25, 0.3) is 5.91 Å². The number of β-amino-alcohol motifs (C(OH)–C–C–N with tert-alkyl or cyclic N) is 1. The SMILES string of the molecule is O=C(Nc1cccc(C(=O)N2CCCC(O)C2)c1)C1CC2CCC1C2. The number of nitrogens with one attached hydrogen (secondary N) is 1. The second kappa shape index (κ2) is 6.79. The van der Waals surface area contributed by atoms with Crippen molar-refractivity contribution in [1.29, 1.82) is 0 Å². The van der Waals surface area contributed by atoms with Crippen LogP contribution < -0.4 is 5.32 Å². The van der Waals surface area contributed by atoms with Gasteiger partial charge in [0.2, 0.25) is 5.91 Å². The van der Waals surface area contributed by atoms with Gasteiger partial charge in [0.05, 0.1) is 6.10 Å². The molecule has 2 bridgehead atoms. The van der Waals surface area contributed by atoms with E-state index < -0.39 is 6.10 Å². The minimum atomic E-state index is -0.432. The zero-order valence-corrected chi connectivity index (χ0v) is 14.5. The molecule has 1 aromatic rings. The van der Waals surface area contributed by atoms with Crippen LogP contribution in [0.15, 0.2) is 24.3 Å². The number of rotatable bonds is 3. The van der Waals surface area contributed by atoms with Crippen molar-refractivity contribution in [1.82, 2.24) is 4.90 Å². The number of carbonyl (C=O) groups excluding carboxylic acids is 2. The van der Waals surface area contributed by atoms with Crippen molar-refractivity contribution in [2.75, 3.05) is 18.4 Å². The number of nitrogens with zero attached hydrogens (tertiary/aromatic N) is 1. The molecule has 1 aromatic carbocycles. The van der Waals surface area contributed by atoms with E-state index in [0.29, 0.717) is 30.3 Å². The Morgan fingerprint density at radius 3 is 2.76 bits per heavy atom. The standard InChI is InChI=1S/C20H26N2O3/c23-17-5-2-8-22(12-17)20(25)15-3-1-4-16(11-15)21-19(24)18-10-13-6-7-14(18)9-13/h1,3-4,11,13-14,17-18,23H,2,5-10,12H2,(H,21,24). The maximum Gasteiger partial charge on any atom is 0.254 e. The molecule has 3 aliphatic rings. The van der Waals surface area contributed by atoms with Gasteiger partial charge in [-0.15, -0.1) is 0 Å². The Morgan fingerprint density at radius 1 is 1.16 bits per heavy atom. The Balaban J connectivity index is 1.42. The first-order valence-electron chi connectivity index (χ1n) is 9.48. The average molecular weight is 342 g/mol. The van der Waals surface area contributed by atoms with Crippen LogP contribution in [0.25, 0.3) is 0 Å². The molecule has 5 heteroatoms. The van der Waals surface area contributed by atoms with E-state index in [-0.39, 0.29) is 17.7 Å². The normalized spacial score (nSPS) is 31.2. The molecule has 0 spiro atoms. The van der Waals surface area contributed by atoms with E-state index in [4.69, 9.17) is 0 Å². The highest BCUT2D eigenvalue weighted by Gasteiger charge is 2.43. The van der Waals surface area contributed by atoms with Crippen molar-refractivity contribution in [2.45, 2.75) is 44.6 Å². The number of hydrogen-bond donors (Lipinski definition) is 2. The summed E-state index contributed by atoms with van der Waals surface area (Å²) in [5.41, 5.74) is 1.26. The number of benzene rings is 1. The summed E-state index contributed by atoms with van der Waals surface area (Å²) in [6, 6.07) is 7.18. The van der Waals surface area contributed by atoms with Gasteiger partial charge >= 0.3 is 0 Å². The molecule has 2 amide bonds. The molecule has 1 saturated heterocycles. The summed E-state index contributed by atoms with van der Waals surface area (Å²) in [7, 11) is 0. The van der Waals surface area contributed by atoms with Crippen LogP contribution in [0.5, 0.6) is 0 Å². The van der Waals surface area contributed by atoms with Gasteiger partial charge in [-0.25, -0.2) is 0 Å². The van der Waals surface area contributed by atoms with Gasteiger partial charge in [0.15, 0.2) is 0 Å². The highest BCUT2D eigenvalue weighted by Crippen LogP contribution is 2.48. The number of hydrogen-bond acceptors (Lipinski definition) is 3. The number of likely N-dealkylation sites (tertiary alicyclic amines) is 1. The van der Waals surface area contributed by atoms with Crippen molar-refractivity contribution in [3.05, 3.63) is 29.8 Å². The molecule has 3 fully saturated rings. The Labute approximate surface area is 148 Å². The van der Waals surface area contributed by atoms with E-state index in [2.05, 4.69) is 5.32 Å². The molecular weight excluding hydrogens is 316 g/mol. The molecule has 134 valence electrons. The topological polar surface area (TPSA) is 69.6 Å². The summed E-state index contributed by atoms with van der Waals surface area (Å²) in [5.74, 6) is 1.44. The minimum Gasteiger partial charge on any atom is -0.391 e. The molecule has 2 N–H and O–H groups in total. The maximum atomic E-state index is 12.6. The van der Waals surface area contributed by atoms with Crippen LogP contribution in [-0.4, -0.2) is 41.0 Å². The number of anilines is 1. The van der Waals surface area contributed by atoms with E-state index in [1.165, 1.54) is 19.3 Å². The first-order chi connectivity index (χ1) is 12.1. The lowest BCUT2D eigenvalue weighted by Crippen LogP contribution is -2.42. The van der Waals surface area contributed by atoms with Crippen LogP contribution in [0.2, 0.25) is 0 Å². The zero-order valence-electron chi connectivity index (χ0n) is 14.5. The smallest absolute Gasteiger partial charge is 0.254 e. The fraction of sp³-hybridized carbons (Fsp3) is 0.600. The van der Waals surface area contributed by atoms with Gasteiger partial charge in [-0.3, -0.25) is 9.59 Å². The summed E-state index contributed by atoms with van der Waals surface area (Å²) in [4.78, 5) is 26.9. The molecule has 2 aliphatic carbocycles. The first-order valence-corrected chi connectivity index (χ1v) is 9.48. The molecule has 2 saturated carbocycles. The predicted octanol–water partition coefficient (Wildman–Crippen LogP) is 2.66. The van der Waals surface area contributed by atoms with E-state index in [9.17, 15) is 14.7 Å². The van der Waals surface area contributed by atoms with Crippen LogP contribution in [0.3, 0.4) is 0 Å². The van der Waals surface area contributed by atoms with Crippen LogP contribution in [0.4, 0.5) is 5.69 Å². The van der Waals surface area contributed by atoms with Gasteiger partial charge in [-0.05, 0) is 62.1 Å². The highest BCUT2D eigenvalue weighted by atomic mass is 16.3. The third-order valence-corrected chi connectivity index (χ3v) is 6.14. The fourth-order valence-corrected chi connectivity index (χ4v) is 4.85. The third kappa shape index (κ3) is 3.43. The number of aliphatic hydroxyl groups is 1. The summed E-state index contributed by atoms with van der Waals surface area (Å²) in [6.45, 7) is 1.07. The van der Waals surface area contributed by atoms with Crippen molar-refractivity contribution >= 4 is 17.5 Å². The molecule has 25 heavy (non-hydrogen) atoms. The molecular formula is C20H26N2O3. The molecule has 4 unspecified atom stereocenters. The van der Waals surface area contributed by atoms with Crippen molar-refractivity contribution < 1.29 is 14.7 Å². The van der Waals surface area contributed by atoms with Gasteiger partial charge < -0.3 is 15.3 Å². The average Bonchev–Trinajstić information content (AvgIpc) is 3.25. The summed E-state index contributed by atoms with van der Waals surface area (Å²) in [5, 5.41) is 12.8. The van der Waals surface area contributed by atoms with Gasteiger partial charge in [-0.2, -0.15) is 0 Å². The lowest BCUT2D eigenvalue weighted by molar-refractivity contribution is -0.121. The lowest BCUT2D eigenvalue weighted by Gasteiger charge is -2.30. The summed E-state index contributed by atoms with van der Waals surface area (Å²) >= 11 is 0. The van der Waals surface area contributed by atoms with E-state index >= 15 is 0 Å². The number of carbonyl (C=O) groups is 2. The molecule has 5 nitrogen and oxygen atoms in total. The Morgan fingerprint density at radius 2 is 2.04 bits per heavy atom. The first kappa shape index (κ1) is 16.6. The van der Waals surface area contributed by atoms with Crippen LogP contribution in [0, 0.1) is 17.8 Å². The van der Waals surface area contributed by atoms with Gasteiger partial charge in [0.1, 0.15) is 0 Å². The largest absolute Gasteiger partial charge is 0.391 e. The third-order valence-electron chi connectivity index (χ3n) is 6.14. The summed E-state index contributed by atoms with van der Waals surface area (Å²) in [6.07, 6.45) is 5.82. The van der Waals surface area contributed by atoms with Crippen LogP contribution in [0.1, 0.15) is 48.9 Å². The molecule has 0 radical (unpaired) electrons. The number of piperidine rings is 1. The predicted molar refractivity (Wildman–Crippen MR) is 95.2 cm³/mol. The number of fused-ring (bicyclic) bond motifs is 2. The van der Waals surface area contributed by atoms with E-state index in [1.54, 1.807) is 17.0 Å². The fourth-order valence-electron chi connectivity index (χ4n) is 4.85. The van der Waals surface area contributed by atoms with Crippen LogP contribution in [-0.2, 0) is 4.79 Å². The zero-order chi connectivity index (χ0) is 17.4. The van der Waals surface area contributed by atoms with Gasteiger partial charge in [-0.1, -0.05) is 12.5 Å². The van der Waals surface area contributed by atoms with Crippen molar-refractivity contribution in [3.63, 3.8) is 0 Å². The van der Waals surface area contributed by atoms with E-state index in [1.807, 2.05) is 12.1 Å². The van der Waals surface area contributed by atoms with E-state index in [0.717, 1.165) is 25.2 Å². The maximum absolute atomic E-state index is 12.6. The number of aliphatic hydroxyl groups excluding tert-OH is 1. The molecule has 0 aromatic heterocycles. The second-order valence-corrected chi connectivity index (χ2v) is 7.90. The molecule has 1 aliphatic heterocycles. The molecule has 4 atom stereocenters. The van der Waals surface area contributed by atoms with Crippen LogP contribution >= 0.6 is 0 Å². The van der Waals surface area contributed by atoms with Crippen molar-refractivity contribution in [2.24, 2.45) is 17.8 Å². The molecule has 4 rings (SSSR count). The summed E-state index contributed by atoms with van der Waals surface area (Å²) < 4.78 is 0. The van der Waals surface area contributed by atoms with Crippen molar-refractivity contribution in [3.8, 4) is 0 Å². The second-order valence-electron chi connectivity index (χ2n) is 7.90. The Kier molecular flexibility index (Phi) is 4.50. The Bertz CT molecular complexity index is 675. The number of amides is 2. The minimum absolute atomic E-state index is 0.0743.